The molecule has 0 aliphatic carbocycles. The first-order chi connectivity index (χ1) is 6.02. The smallest absolute Gasteiger partial charge is 0.282 e. The second kappa shape index (κ2) is 6.20. The van der Waals surface area contributed by atoms with Crippen LogP contribution in [0.5, 0.6) is 0 Å². The van der Waals surface area contributed by atoms with Crippen molar-refractivity contribution in [1.29, 1.82) is 0 Å². The van der Waals surface area contributed by atoms with Crippen LogP contribution in [0.3, 0.4) is 0 Å². The molecule has 13 heavy (non-hydrogen) atoms. The minimum absolute atomic E-state index is 0.0173. The lowest BCUT2D eigenvalue weighted by atomic mass is 10.3. The van der Waals surface area contributed by atoms with Gasteiger partial charge in [-0.3, -0.25) is 0 Å². The van der Waals surface area contributed by atoms with Gasteiger partial charge < -0.3 is 20.3 Å². The number of aliphatic hydroxyl groups excluding tert-OH is 2. The zero-order valence-electron chi connectivity index (χ0n) is 7.46. The highest BCUT2D eigenvalue weighted by Gasteiger charge is 2.26. The third kappa shape index (κ3) is 6.83. The average Bonchev–Trinajstić information content (AvgIpc) is 2.05. The summed E-state index contributed by atoms with van der Waals surface area (Å²) < 4.78 is 29.3. The average molecular weight is 199 g/mol. The molecule has 1 unspecified atom stereocenters. The van der Waals surface area contributed by atoms with Crippen molar-refractivity contribution in [2.75, 3.05) is 33.4 Å². The van der Waals surface area contributed by atoms with Gasteiger partial charge in [0.2, 0.25) is 0 Å². The van der Waals surface area contributed by atoms with Crippen LogP contribution in [0.4, 0.5) is 8.78 Å². The lowest BCUT2D eigenvalue weighted by Gasteiger charge is -2.15. The van der Waals surface area contributed by atoms with Gasteiger partial charge in [-0.25, -0.2) is 8.78 Å². The largest absolute Gasteiger partial charge is 0.390 e. The van der Waals surface area contributed by atoms with E-state index in [0.29, 0.717) is 0 Å². The second-order valence-electron chi connectivity index (χ2n) is 2.75. The molecule has 0 aliphatic heterocycles. The third-order valence-electron chi connectivity index (χ3n) is 1.35. The van der Waals surface area contributed by atoms with Crippen LogP contribution < -0.4 is 5.32 Å². The van der Waals surface area contributed by atoms with Gasteiger partial charge in [-0.15, -0.1) is 0 Å². The van der Waals surface area contributed by atoms with Crippen molar-refractivity contribution in [3.63, 3.8) is 0 Å². The quantitative estimate of drug-likeness (QED) is 0.503. The molecule has 0 radical (unpaired) electrons. The fourth-order valence-corrected chi connectivity index (χ4v) is 0.729. The summed E-state index contributed by atoms with van der Waals surface area (Å²) in [5.74, 6) is -3.13. The summed E-state index contributed by atoms with van der Waals surface area (Å²) in [4.78, 5) is 0. The number of hydrogen-bond acceptors (Lipinski definition) is 4. The van der Waals surface area contributed by atoms with E-state index in [9.17, 15) is 8.78 Å². The zero-order chi connectivity index (χ0) is 10.3. The maximum Gasteiger partial charge on any atom is 0.282 e. The standard InChI is InChI=1S/C7H15F2NO3/c1-13-3-6(12)2-10-4-7(8,9)5-11/h6,10-12H,2-5H2,1H3. The molecule has 6 heteroatoms. The number of rotatable bonds is 7. The van der Waals surface area contributed by atoms with Crippen molar-refractivity contribution in [3.8, 4) is 0 Å². The first-order valence-electron chi connectivity index (χ1n) is 3.88. The van der Waals surface area contributed by atoms with Crippen molar-refractivity contribution in [2.24, 2.45) is 0 Å². The second-order valence-corrected chi connectivity index (χ2v) is 2.75. The maximum atomic E-state index is 12.4. The molecule has 0 heterocycles. The number of ether oxygens (including phenoxy) is 1. The minimum atomic E-state index is -3.13. The predicted octanol–water partition coefficient (Wildman–Crippen LogP) is -0.789. The molecular weight excluding hydrogens is 184 g/mol. The molecule has 0 amide bonds. The van der Waals surface area contributed by atoms with E-state index in [1.54, 1.807) is 0 Å². The van der Waals surface area contributed by atoms with Crippen LogP contribution in [0.15, 0.2) is 0 Å². The summed E-state index contributed by atoms with van der Waals surface area (Å²) in [7, 11) is 1.41. The Bertz CT molecular complexity index is 135. The van der Waals surface area contributed by atoms with Gasteiger partial charge in [0.15, 0.2) is 0 Å². The van der Waals surface area contributed by atoms with Crippen LogP contribution in [0, 0.1) is 0 Å². The van der Waals surface area contributed by atoms with Gasteiger partial charge >= 0.3 is 0 Å². The number of alkyl halides is 2. The molecule has 0 saturated carbocycles. The predicted molar refractivity (Wildman–Crippen MR) is 42.8 cm³/mol. The number of nitrogens with one attached hydrogen (secondary N) is 1. The van der Waals surface area contributed by atoms with Crippen LogP contribution in [0.25, 0.3) is 0 Å². The van der Waals surface area contributed by atoms with Gasteiger partial charge in [0.25, 0.3) is 5.92 Å². The van der Waals surface area contributed by atoms with Crippen LogP contribution in [0.1, 0.15) is 0 Å². The molecule has 3 N–H and O–H groups in total. The third-order valence-corrected chi connectivity index (χ3v) is 1.35. The Hall–Kier alpha value is -0.300. The van der Waals surface area contributed by atoms with E-state index in [1.165, 1.54) is 7.11 Å². The SMILES string of the molecule is COCC(O)CNCC(F)(F)CO. The van der Waals surface area contributed by atoms with Crippen LogP contribution in [0.2, 0.25) is 0 Å². The fourth-order valence-electron chi connectivity index (χ4n) is 0.729. The minimum Gasteiger partial charge on any atom is -0.390 e. The number of methoxy groups -OCH3 is 1. The Morgan fingerprint density at radius 2 is 2.15 bits per heavy atom. The maximum absolute atomic E-state index is 12.4. The molecule has 80 valence electrons. The van der Waals surface area contributed by atoms with E-state index < -0.39 is 25.2 Å². The molecule has 0 aromatic rings. The highest BCUT2D eigenvalue weighted by atomic mass is 19.3. The number of halogens is 2. The normalized spacial score (nSPS) is 14.5. The summed E-state index contributed by atoms with van der Waals surface area (Å²) in [6.07, 6.45) is -0.806. The van der Waals surface area contributed by atoms with Gasteiger partial charge in [-0.05, 0) is 0 Å². The Morgan fingerprint density at radius 1 is 1.54 bits per heavy atom. The van der Waals surface area contributed by atoms with Gasteiger partial charge in [-0.2, -0.15) is 0 Å². The lowest BCUT2D eigenvalue weighted by molar-refractivity contribution is -0.0498. The first kappa shape index (κ1) is 12.7. The Balaban J connectivity index is 3.44. The molecule has 1 atom stereocenters. The zero-order valence-corrected chi connectivity index (χ0v) is 7.46. The van der Waals surface area contributed by atoms with E-state index in [2.05, 4.69) is 10.1 Å². The first-order valence-corrected chi connectivity index (χ1v) is 3.88. The molecule has 0 saturated heterocycles. The van der Waals surface area contributed by atoms with Gasteiger partial charge in [0, 0.05) is 13.7 Å². The Labute approximate surface area is 75.5 Å². The van der Waals surface area contributed by atoms with E-state index in [1.807, 2.05) is 0 Å². The van der Waals surface area contributed by atoms with Crippen LogP contribution >= 0.6 is 0 Å². The van der Waals surface area contributed by atoms with Crippen molar-refractivity contribution in [1.82, 2.24) is 5.32 Å². The summed E-state index contributed by atoms with van der Waals surface area (Å²) in [5, 5.41) is 19.5. The molecule has 0 rings (SSSR count). The summed E-state index contributed by atoms with van der Waals surface area (Å²) in [5.41, 5.74) is 0. The molecule has 0 fully saturated rings. The summed E-state index contributed by atoms with van der Waals surface area (Å²) in [6, 6.07) is 0. The fraction of sp³-hybridized carbons (Fsp3) is 1.00. The highest BCUT2D eigenvalue weighted by Crippen LogP contribution is 2.09. The van der Waals surface area contributed by atoms with Crippen molar-refractivity contribution in [3.05, 3.63) is 0 Å². The van der Waals surface area contributed by atoms with Crippen LogP contribution in [-0.2, 0) is 4.74 Å². The molecule has 0 aliphatic rings. The number of aliphatic hydroxyl groups is 2. The van der Waals surface area contributed by atoms with E-state index in [4.69, 9.17) is 10.2 Å². The van der Waals surface area contributed by atoms with E-state index >= 15 is 0 Å². The monoisotopic (exact) mass is 199 g/mol. The summed E-state index contributed by atoms with van der Waals surface area (Å²) >= 11 is 0. The van der Waals surface area contributed by atoms with Gasteiger partial charge in [-0.1, -0.05) is 0 Å². The van der Waals surface area contributed by atoms with Gasteiger partial charge in [0.05, 0.1) is 19.3 Å². The molecule has 4 nitrogen and oxygen atoms in total. The molecule has 0 spiro atoms. The molecular formula is C7H15F2NO3. The molecule has 0 bridgehead atoms. The number of hydrogen-bond donors (Lipinski definition) is 3. The lowest BCUT2D eigenvalue weighted by Crippen LogP contribution is -2.40. The van der Waals surface area contributed by atoms with E-state index in [-0.39, 0.29) is 13.2 Å². The molecule has 0 aromatic carbocycles. The Morgan fingerprint density at radius 3 is 2.62 bits per heavy atom. The summed E-state index contributed by atoms with van der Waals surface area (Å²) in [6.45, 7) is -1.73. The molecule has 0 aromatic heterocycles. The van der Waals surface area contributed by atoms with E-state index in [0.717, 1.165) is 0 Å². The topological polar surface area (TPSA) is 61.7 Å². The highest BCUT2D eigenvalue weighted by molar-refractivity contribution is 4.69. The van der Waals surface area contributed by atoms with Crippen molar-refractivity contribution < 1.29 is 23.7 Å². The van der Waals surface area contributed by atoms with Gasteiger partial charge in [0.1, 0.15) is 6.61 Å². The van der Waals surface area contributed by atoms with Crippen molar-refractivity contribution in [2.45, 2.75) is 12.0 Å². The van der Waals surface area contributed by atoms with Crippen molar-refractivity contribution >= 4 is 0 Å². The van der Waals surface area contributed by atoms with Crippen LogP contribution in [-0.4, -0.2) is 55.7 Å². The Kier molecular flexibility index (Phi) is 6.06.